The van der Waals surface area contributed by atoms with Crippen molar-refractivity contribution in [2.45, 2.75) is 32.4 Å². The first-order valence-corrected chi connectivity index (χ1v) is 7.57. The van der Waals surface area contributed by atoms with Gasteiger partial charge in [-0.1, -0.05) is 6.07 Å². The molecule has 7 heteroatoms. The van der Waals surface area contributed by atoms with E-state index in [0.29, 0.717) is 12.1 Å². The van der Waals surface area contributed by atoms with Crippen LogP contribution in [0.3, 0.4) is 0 Å². The number of carbonyl (C=O) groups excluding carboxylic acids is 1. The minimum atomic E-state index is -0.567. The monoisotopic (exact) mass is 314 g/mol. The Bertz CT molecular complexity index is 825. The van der Waals surface area contributed by atoms with Gasteiger partial charge in [0, 0.05) is 24.5 Å². The molecule has 0 aliphatic carbocycles. The van der Waals surface area contributed by atoms with Crippen LogP contribution in [0.4, 0.5) is 0 Å². The van der Waals surface area contributed by atoms with E-state index in [-0.39, 0.29) is 18.5 Å². The molecule has 1 N–H and O–H groups in total. The number of aromatic amines is 1. The summed E-state index contributed by atoms with van der Waals surface area (Å²) < 4.78 is 1.24. The Morgan fingerprint density at radius 3 is 2.96 bits per heavy atom. The highest BCUT2D eigenvalue weighted by molar-refractivity contribution is 5.76. The van der Waals surface area contributed by atoms with Gasteiger partial charge in [-0.05, 0) is 31.9 Å². The van der Waals surface area contributed by atoms with Gasteiger partial charge in [0.1, 0.15) is 6.54 Å². The van der Waals surface area contributed by atoms with Gasteiger partial charge in [0.2, 0.25) is 5.91 Å². The van der Waals surface area contributed by atoms with E-state index in [2.05, 4.69) is 9.97 Å². The van der Waals surface area contributed by atoms with Crippen LogP contribution in [0, 0.1) is 6.92 Å². The van der Waals surface area contributed by atoms with Gasteiger partial charge in [-0.25, -0.2) is 4.79 Å². The molecule has 1 saturated heterocycles. The highest BCUT2D eigenvalue weighted by Crippen LogP contribution is 2.30. The molecule has 1 atom stereocenters. The van der Waals surface area contributed by atoms with E-state index in [0.717, 1.165) is 18.5 Å². The van der Waals surface area contributed by atoms with E-state index in [4.69, 9.17) is 0 Å². The van der Waals surface area contributed by atoms with Gasteiger partial charge in [-0.3, -0.25) is 24.1 Å². The fourth-order valence-corrected chi connectivity index (χ4v) is 2.92. The second kappa shape index (κ2) is 6.20. The van der Waals surface area contributed by atoms with E-state index in [1.165, 1.54) is 10.8 Å². The first-order chi connectivity index (χ1) is 11.1. The summed E-state index contributed by atoms with van der Waals surface area (Å²) in [4.78, 5) is 44.1. The molecule has 0 bridgehead atoms. The van der Waals surface area contributed by atoms with Crippen molar-refractivity contribution in [3.8, 4) is 0 Å². The van der Waals surface area contributed by atoms with Crippen molar-refractivity contribution in [2.75, 3.05) is 6.54 Å². The Morgan fingerprint density at radius 2 is 2.22 bits per heavy atom. The molecule has 2 aromatic heterocycles. The third-order valence-corrected chi connectivity index (χ3v) is 4.10. The number of pyridine rings is 1. The molecule has 2 aromatic rings. The Hall–Kier alpha value is -2.70. The molecule has 7 nitrogen and oxygen atoms in total. The average molecular weight is 314 g/mol. The molecule has 3 heterocycles. The lowest BCUT2D eigenvalue weighted by Crippen LogP contribution is -2.38. The molecule has 0 spiro atoms. The lowest BCUT2D eigenvalue weighted by Gasteiger charge is -2.24. The molecule has 3 rings (SSSR count). The third-order valence-electron chi connectivity index (χ3n) is 4.10. The number of rotatable bonds is 3. The quantitative estimate of drug-likeness (QED) is 0.899. The molecule has 1 aliphatic heterocycles. The summed E-state index contributed by atoms with van der Waals surface area (Å²) >= 11 is 0. The first-order valence-electron chi connectivity index (χ1n) is 7.57. The van der Waals surface area contributed by atoms with Crippen LogP contribution in [-0.2, 0) is 11.3 Å². The van der Waals surface area contributed by atoms with Crippen molar-refractivity contribution in [1.29, 1.82) is 0 Å². The van der Waals surface area contributed by atoms with Crippen molar-refractivity contribution in [3.05, 3.63) is 62.7 Å². The molecule has 120 valence electrons. The maximum Gasteiger partial charge on any atom is 0.328 e. The van der Waals surface area contributed by atoms with Gasteiger partial charge < -0.3 is 4.90 Å². The fourth-order valence-electron chi connectivity index (χ4n) is 2.92. The van der Waals surface area contributed by atoms with Crippen molar-refractivity contribution < 1.29 is 4.79 Å². The van der Waals surface area contributed by atoms with Crippen LogP contribution in [-0.4, -0.2) is 31.9 Å². The predicted octanol–water partition coefficient (Wildman–Crippen LogP) is 0.604. The Morgan fingerprint density at radius 1 is 1.39 bits per heavy atom. The molecule has 23 heavy (non-hydrogen) atoms. The lowest BCUT2D eigenvalue weighted by molar-refractivity contribution is -0.132. The Labute approximate surface area is 132 Å². The summed E-state index contributed by atoms with van der Waals surface area (Å²) in [5.41, 5.74) is 0.275. The van der Waals surface area contributed by atoms with Gasteiger partial charge >= 0.3 is 5.69 Å². The lowest BCUT2D eigenvalue weighted by atomic mass is 10.1. The standard InChI is InChI=1S/C16H18N4O3/c1-11-9-19(16(23)18-15(11)22)10-14(21)20-8-4-6-13(20)12-5-2-3-7-17-12/h2-3,5,7,9,13H,4,6,8,10H2,1H3,(H,18,22,23)/t13-/m1/s1. The number of nitrogens with one attached hydrogen (secondary N) is 1. The minimum absolute atomic E-state index is 0.0525. The van der Waals surface area contributed by atoms with Gasteiger partial charge in [0.25, 0.3) is 5.56 Å². The zero-order valence-electron chi connectivity index (χ0n) is 12.9. The van der Waals surface area contributed by atoms with Crippen LogP contribution in [0.25, 0.3) is 0 Å². The number of carbonyl (C=O) groups is 1. The van der Waals surface area contributed by atoms with Crippen molar-refractivity contribution in [2.24, 2.45) is 0 Å². The predicted molar refractivity (Wildman–Crippen MR) is 84.0 cm³/mol. The van der Waals surface area contributed by atoms with Gasteiger partial charge in [-0.15, -0.1) is 0 Å². The summed E-state index contributed by atoms with van der Waals surface area (Å²) in [5.74, 6) is -0.147. The highest BCUT2D eigenvalue weighted by atomic mass is 16.2. The number of aromatic nitrogens is 3. The Balaban J connectivity index is 1.82. The van der Waals surface area contributed by atoms with E-state index >= 15 is 0 Å². The second-order valence-corrected chi connectivity index (χ2v) is 5.70. The summed E-state index contributed by atoms with van der Waals surface area (Å²) in [7, 11) is 0. The number of hydrogen-bond donors (Lipinski definition) is 1. The Kier molecular flexibility index (Phi) is 4.10. The number of nitrogens with zero attached hydrogens (tertiary/aromatic N) is 3. The van der Waals surface area contributed by atoms with Crippen LogP contribution in [0.2, 0.25) is 0 Å². The molecule has 1 aliphatic rings. The molecule has 0 unspecified atom stereocenters. The average Bonchev–Trinajstić information content (AvgIpc) is 3.03. The second-order valence-electron chi connectivity index (χ2n) is 5.70. The normalized spacial score (nSPS) is 17.4. The van der Waals surface area contributed by atoms with Crippen molar-refractivity contribution >= 4 is 5.91 Å². The molecule has 1 amide bonds. The van der Waals surface area contributed by atoms with Gasteiger partial charge in [0.05, 0.1) is 11.7 Å². The van der Waals surface area contributed by atoms with Crippen molar-refractivity contribution in [1.82, 2.24) is 19.4 Å². The molecule has 0 saturated carbocycles. The van der Waals surface area contributed by atoms with Crippen LogP contribution in [0.5, 0.6) is 0 Å². The summed E-state index contributed by atoms with van der Waals surface area (Å²) in [6, 6.07) is 5.60. The fraction of sp³-hybridized carbons (Fsp3) is 0.375. The maximum absolute atomic E-state index is 12.6. The summed E-state index contributed by atoms with van der Waals surface area (Å²) in [6.07, 6.45) is 4.91. The summed E-state index contributed by atoms with van der Waals surface area (Å²) in [5, 5.41) is 0. The minimum Gasteiger partial charge on any atom is -0.333 e. The zero-order chi connectivity index (χ0) is 16.4. The SMILES string of the molecule is Cc1cn(CC(=O)N2CCC[C@@H]2c2ccccn2)c(=O)[nH]c1=O. The number of hydrogen-bond acceptors (Lipinski definition) is 4. The van der Waals surface area contributed by atoms with Crippen LogP contribution in [0.15, 0.2) is 40.2 Å². The van der Waals surface area contributed by atoms with Gasteiger partial charge in [-0.2, -0.15) is 0 Å². The highest BCUT2D eigenvalue weighted by Gasteiger charge is 2.30. The molecule has 0 aromatic carbocycles. The number of likely N-dealkylation sites (tertiary alicyclic amines) is 1. The third kappa shape index (κ3) is 3.08. The molecular formula is C16H18N4O3. The van der Waals surface area contributed by atoms with Crippen molar-refractivity contribution in [3.63, 3.8) is 0 Å². The van der Waals surface area contributed by atoms with E-state index in [9.17, 15) is 14.4 Å². The van der Waals surface area contributed by atoms with Crippen LogP contribution < -0.4 is 11.2 Å². The van der Waals surface area contributed by atoms with Gasteiger partial charge in [0.15, 0.2) is 0 Å². The smallest absolute Gasteiger partial charge is 0.328 e. The molecular weight excluding hydrogens is 296 g/mol. The molecule has 1 fully saturated rings. The number of aryl methyl sites for hydroxylation is 1. The van der Waals surface area contributed by atoms with E-state index < -0.39 is 11.2 Å². The van der Waals surface area contributed by atoms with E-state index in [1.807, 2.05) is 18.2 Å². The number of amides is 1. The first kappa shape index (κ1) is 15.2. The largest absolute Gasteiger partial charge is 0.333 e. The zero-order valence-corrected chi connectivity index (χ0v) is 12.9. The summed E-state index contributed by atoms with van der Waals surface area (Å²) in [6.45, 7) is 2.17. The topological polar surface area (TPSA) is 88.1 Å². The van der Waals surface area contributed by atoms with Crippen LogP contribution in [0.1, 0.15) is 30.1 Å². The van der Waals surface area contributed by atoms with E-state index in [1.54, 1.807) is 18.0 Å². The maximum atomic E-state index is 12.6. The van der Waals surface area contributed by atoms with Crippen LogP contribution >= 0.6 is 0 Å². The molecule has 0 radical (unpaired) electrons. The number of H-pyrrole nitrogens is 1.